The monoisotopic (exact) mass is 348 g/mol. The van der Waals surface area contributed by atoms with Gasteiger partial charge in [0.15, 0.2) is 17.7 Å². The Morgan fingerprint density at radius 3 is 2.44 bits per heavy atom. The number of epoxide rings is 1. The highest BCUT2D eigenvalue weighted by Gasteiger charge is 2.82. The lowest BCUT2D eigenvalue weighted by Gasteiger charge is -2.62. The molecular weight excluding hydrogens is 320 g/mol. The molecule has 0 spiro atoms. The summed E-state index contributed by atoms with van der Waals surface area (Å²) >= 11 is 0. The molecule has 25 heavy (non-hydrogen) atoms. The normalized spacial score (nSPS) is 50.4. The zero-order chi connectivity index (χ0) is 18.4. The minimum atomic E-state index is -1.66. The number of hydrogen-bond donors (Lipinski definition) is 0. The first-order valence-electron chi connectivity index (χ1n) is 9.40. The second-order valence-corrected chi connectivity index (χ2v) is 9.75. The summed E-state index contributed by atoms with van der Waals surface area (Å²) in [5.74, 6) is -0.960. The molecule has 0 unspecified atom stereocenters. The van der Waals surface area contributed by atoms with Gasteiger partial charge in [0.25, 0.3) is 5.60 Å². The average molecular weight is 348 g/mol. The highest BCUT2D eigenvalue weighted by atomic mass is 16.7. The maximum absolute atomic E-state index is 13.4. The molecule has 0 aromatic carbocycles. The van der Waals surface area contributed by atoms with E-state index >= 15 is 0 Å². The van der Waals surface area contributed by atoms with Crippen LogP contribution < -0.4 is 0 Å². The smallest absolute Gasteiger partial charge is 0.349 e. The van der Waals surface area contributed by atoms with Crippen molar-refractivity contribution in [3.63, 3.8) is 0 Å². The van der Waals surface area contributed by atoms with E-state index in [1.165, 1.54) is 7.11 Å². The molecule has 0 bridgehead atoms. The Morgan fingerprint density at radius 2 is 1.80 bits per heavy atom. The molecule has 3 aliphatic carbocycles. The lowest BCUT2D eigenvalue weighted by atomic mass is 9.40. The molecule has 4 aliphatic rings. The van der Waals surface area contributed by atoms with Crippen LogP contribution in [0.15, 0.2) is 0 Å². The van der Waals surface area contributed by atoms with Gasteiger partial charge in [-0.15, -0.1) is 0 Å². The lowest BCUT2D eigenvalue weighted by Crippen LogP contribution is -2.66. The van der Waals surface area contributed by atoms with Gasteiger partial charge in [-0.3, -0.25) is 9.59 Å². The molecular formula is C20H28O5. The zero-order valence-electron chi connectivity index (χ0n) is 15.8. The lowest BCUT2D eigenvalue weighted by molar-refractivity contribution is -0.177. The molecule has 0 aromatic heterocycles. The van der Waals surface area contributed by atoms with Crippen LogP contribution >= 0.6 is 0 Å². The van der Waals surface area contributed by atoms with Gasteiger partial charge in [-0.05, 0) is 42.4 Å². The van der Waals surface area contributed by atoms with Crippen LogP contribution in [0, 0.1) is 28.1 Å². The number of rotatable bonds is 1. The number of methoxy groups -OCH3 is 1. The summed E-state index contributed by atoms with van der Waals surface area (Å²) in [7, 11) is 1.24. The van der Waals surface area contributed by atoms with E-state index in [1.54, 1.807) is 0 Å². The van der Waals surface area contributed by atoms with Gasteiger partial charge in [0.1, 0.15) is 0 Å². The number of esters is 1. The SMILES string of the molecule is COC(=O)[C@]12O[C@H]1C(=O)[C@@H]1[C@@]3(C)CCCC(C)(C)[C@@H]3CC[C@@]1(C)C2=O. The first-order valence-corrected chi connectivity index (χ1v) is 9.40. The summed E-state index contributed by atoms with van der Waals surface area (Å²) in [6, 6.07) is 0. The summed E-state index contributed by atoms with van der Waals surface area (Å²) in [5.41, 5.74) is -2.55. The van der Waals surface area contributed by atoms with Crippen molar-refractivity contribution in [2.24, 2.45) is 28.1 Å². The zero-order valence-corrected chi connectivity index (χ0v) is 15.8. The van der Waals surface area contributed by atoms with Gasteiger partial charge in [0.2, 0.25) is 0 Å². The van der Waals surface area contributed by atoms with Crippen molar-refractivity contribution in [3.05, 3.63) is 0 Å². The molecule has 1 aliphatic heterocycles. The predicted molar refractivity (Wildman–Crippen MR) is 89.7 cm³/mol. The summed E-state index contributed by atoms with van der Waals surface area (Å²) in [6.45, 7) is 8.65. The number of ketones is 2. The van der Waals surface area contributed by atoms with Crippen LogP contribution in [0.5, 0.6) is 0 Å². The van der Waals surface area contributed by atoms with Crippen molar-refractivity contribution in [1.82, 2.24) is 0 Å². The number of fused-ring (bicyclic) bond motifs is 4. The van der Waals surface area contributed by atoms with Crippen molar-refractivity contribution >= 4 is 17.5 Å². The molecule has 0 N–H and O–H groups in total. The third kappa shape index (κ3) is 1.80. The van der Waals surface area contributed by atoms with E-state index in [4.69, 9.17) is 9.47 Å². The van der Waals surface area contributed by atoms with E-state index in [9.17, 15) is 14.4 Å². The fraction of sp³-hybridized carbons (Fsp3) is 0.850. The molecule has 4 rings (SSSR count). The number of hydrogen-bond acceptors (Lipinski definition) is 5. The molecule has 5 heteroatoms. The Morgan fingerprint density at radius 1 is 1.12 bits per heavy atom. The molecule has 1 saturated heterocycles. The van der Waals surface area contributed by atoms with Crippen LogP contribution in [0.4, 0.5) is 0 Å². The molecule has 1 heterocycles. The van der Waals surface area contributed by atoms with E-state index in [0.29, 0.717) is 12.3 Å². The summed E-state index contributed by atoms with van der Waals surface area (Å²) in [4.78, 5) is 39.0. The third-order valence-corrected chi connectivity index (χ3v) is 8.03. The van der Waals surface area contributed by atoms with Crippen molar-refractivity contribution in [2.75, 3.05) is 7.11 Å². The van der Waals surface area contributed by atoms with E-state index in [1.807, 2.05) is 6.92 Å². The maximum Gasteiger partial charge on any atom is 0.349 e. The molecule has 6 atom stereocenters. The minimum Gasteiger partial charge on any atom is -0.466 e. The molecule has 138 valence electrons. The van der Waals surface area contributed by atoms with Crippen LogP contribution in [-0.4, -0.2) is 36.4 Å². The molecule has 3 saturated carbocycles. The van der Waals surface area contributed by atoms with Crippen molar-refractivity contribution < 1.29 is 23.9 Å². The van der Waals surface area contributed by atoms with Gasteiger partial charge in [-0.25, -0.2) is 4.79 Å². The number of carbonyl (C=O) groups excluding carboxylic acids is 3. The Labute approximate surface area is 148 Å². The molecule has 4 fully saturated rings. The quantitative estimate of drug-likeness (QED) is 0.414. The summed E-state index contributed by atoms with van der Waals surface area (Å²) in [6.07, 6.45) is 3.80. The highest BCUT2D eigenvalue weighted by molar-refractivity contribution is 6.22. The van der Waals surface area contributed by atoms with E-state index in [2.05, 4.69) is 20.8 Å². The van der Waals surface area contributed by atoms with E-state index in [-0.39, 0.29) is 28.3 Å². The second-order valence-electron chi connectivity index (χ2n) is 9.75. The highest BCUT2D eigenvalue weighted by Crippen LogP contribution is 2.69. The standard InChI is InChI=1S/C20H28O5/c1-17(2)8-6-9-18(3)11(17)7-10-19(4)13(18)12(21)14-20(25-14,15(19)22)16(23)24-5/h11,13-14H,6-10H2,1-5H3/t11-,13+,14-,18-,19+,20-/m0/s1. The van der Waals surface area contributed by atoms with Crippen LogP contribution in [0.25, 0.3) is 0 Å². The molecule has 0 radical (unpaired) electrons. The number of carbonyl (C=O) groups is 3. The van der Waals surface area contributed by atoms with Crippen molar-refractivity contribution in [2.45, 2.75) is 71.5 Å². The Kier molecular flexibility index (Phi) is 3.25. The largest absolute Gasteiger partial charge is 0.466 e. The second kappa shape index (κ2) is 4.73. The average Bonchev–Trinajstić information content (AvgIpc) is 3.28. The van der Waals surface area contributed by atoms with Gasteiger partial charge in [0, 0.05) is 11.3 Å². The topological polar surface area (TPSA) is 73.0 Å². The van der Waals surface area contributed by atoms with Gasteiger partial charge in [-0.2, -0.15) is 0 Å². The van der Waals surface area contributed by atoms with E-state index < -0.39 is 23.1 Å². The van der Waals surface area contributed by atoms with Crippen LogP contribution in [0.2, 0.25) is 0 Å². The minimum absolute atomic E-state index is 0.0580. The van der Waals surface area contributed by atoms with Crippen LogP contribution in [0.1, 0.15) is 59.8 Å². The molecule has 0 aromatic rings. The fourth-order valence-corrected chi connectivity index (χ4v) is 6.99. The fourth-order valence-electron chi connectivity index (χ4n) is 6.99. The Hall–Kier alpha value is -1.23. The molecule has 0 amide bonds. The first-order chi connectivity index (χ1) is 11.6. The van der Waals surface area contributed by atoms with E-state index in [0.717, 1.165) is 25.7 Å². The number of ether oxygens (including phenoxy) is 2. The predicted octanol–water partition coefficient (Wildman–Crippen LogP) is 2.70. The van der Waals surface area contributed by atoms with Crippen molar-refractivity contribution in [3.8, 4) is 0 Å². The van der Waals surface area contributed by atoms with Gasteiger partial charge in [0.05, 0.1) is 7.11 Å². The third-order valence-electron chi connectivity index (χ3n) is 8.03. The van der Waals surface area contributed by atoms with Crippen LogP contribution in [-0.2, 0) is 23.9 Å². The molecule has 5 nitrogen and oxygen atoms in total. The van der Waals surface area contributed by atoms with Gasteiger partial charge >= 0.3 is 5.97 Å². The Balaban J connectivity index is 1.81. The number of Topliss-reactive ketones (excluding diaryl/α,β-unsaturated/α-hetero) is 2. The van der Waals surface area contributed by atoms with Gasteiger partial charge in [-0.1, -0.05) is 34.1 Å². The summed E-state index contributed by atoms with van der Waals surface area (Å²) < 4.78 is 10.3. The first kappa shape index (κ1) is 17.2. The Bertz CT molecular complexity index is 682. The maximum atomic E-state index is 13.4. The van der Waals surface area contributed by atoms with Crippen molar-refractivity contribution in [1.29, 1.82) is 0 Å². The van der Waals surface area contributed by atoms with Gasteiger partial charge < -0.3 is 9.47 Å². The van der Waals surface area contributed by atoms with Crippen LogP contribution in [0.3, 0.4) is 0 Å². The summed E-state index contributed by atoms with van der Waals surface area (Å²) in [5, 5.41) is 0.